The van der Waals surface area contributed by atoms with Gasteiger partial charge < -0.3 is 14.3 Å². The van der Waals surface area contributed by atoms with E-state index in [4.69, 9.17) is 14.3 Å². The van der Waals surface area contributed by atoms with Crippen LogP contribution in [0.4, 0.5) is 0 Å². The first-order chi connectivity index (χ1) is 13.2. The summed E-state index contributed by atoms with van der Waals surface area (Å²) in [5.41, 5.74) is 4.15. The molecule has 1 N–H and O–H groups in total. The van der Waals surface area contributed by atoms with E-state index >= 15 is 0 Å². The second-order valence-corrected chi connectivity index (χ2v) is 6.23. The topological polar surface area (TPSA) is 94.5 Å². The fourth-order valence-corrected chi connectivity index (χ4v) is 2.86. The monoisotopic (exact) mass is 365 g/mol. The quantitative estimate of drug-likeness (QED) is 0.722. The summed E-state index contributed by atoms with van der Waals surface area (Å²) in [5.74, 6) is 1.67. The highest BCUT2D eigenvalue weighted by molar-refractivity contribution is 6.01. The molecule has 1 unspecified atom stereocenters. The predicted octanol–water partition coefficient (Wildman–Crippen LogP) is 2.96. The molecule has 0 amide bonds. The summed E-state index contributed by atoms with van der Waals surface area (Å²) in [6.07, 6.45) is 0.635. The Morgan fingerprint density at radius 3 is 2.74 bits per heavy atom. The lowest BCUT2D eigenvalue weighted by atomic mass is 9.99. The molecule has 2 aromatic carbocycles. The maximum Gasteiger partial charge on any atom is 0.211 e. The van der Waals surface area contributed by atoms with Crippen LogP contribution in [0.15, 0.2) is 47.6 Å². The van der Waals surface area contributed by atoms with Crippen LogP contribution in [0.2, 0.25) is 0 Å². The van der Waals surface area contributed by atoms with E-state index in [1.165, 1.54) is 5.56 Å². The Labute approximate surface area is 156 Å². The van der Waals surface area contributed by atoms with Gasteiger partial charge in [-0.25, -0.2) is 0 Å². The summed E-state index contributed by atoms with van der Waals surface area (Å²) in [7, 11) is 1.60. The summed E-state index contributed by atoms with van der Waals surface area (Å²) >= 11 is 0. The van der Waals surface area contributed by atoms with Crippen molar-refractivity contribution >= 4 is 5.71 Å². The number of nitrogens with one attached hydrogen (secondary N) is 1. The van der Waals surface area contributed by atoms with Crippen molar-refractivity contribution in [3.63, 3.8) is 0 Å². The fourth-order valence-electron chi connectivity index (χ4n) is 2.86. The molecule has 138 valence electrons. The molecular formula is C19H19N5O3. The molecule has 8 heteroatoms. The average molecular weight is 365 g/mol. The Morgan fingerprint density at radius 1 is 1.15 bits per heavy atom. The lowest BCUT2D eigenvalue weighted by molar-refractivity contribution is 0.0857. The zero-order valence-electron chi connectivity index (χ0n) is 15.0. The van der Waals surface area contributed by atoms with Crippen LogP contribution >= 0.6 is 0 Å². The minimum Gasteiger partial charge on any atom is -0.493 e. The summed E-state index contributed by atoms with van der Waals surface area (Å²) in [6, 6.07) is 14.0. The van der Waals surface area contributed by atoms with Crippen molar-refractivity contribution in [1.29, 1.82) is 0 Å². The molecule has 0 fully saturated rings. The van der Waals surface area contributed by atoms with Crippen molar-refractivity contribution < 1.29 is 14.3 Å². The van der Waals surface area contributed by atoms with Crippen LogP contribution in [-0.4, -0.2) is 33.4 Å². The zero-order valence-corrected chi connectivity index (χ0v) is 15.0. The van der Waals surface area contributed by atoms with Crippen LogP contribution in [0, 0.1) is 6.92 Å². The van der Waals surface area contributed by atoms with Gasteiger partial charge in [-0.05, 0) is 30.7 Å². The van der Waals surface area contributed by atoms with Crippen molar-refractivity contribution in [3.8, 4) is 11.5 Å². The largest absolute Gasteiger partial charge is 0.493 e. The molecule has 1 aliphatic heterocycles. The number of rotatable bonds is 6. The number of nitrogens with zero attached hydrogens (tertiary/aromatic N) is 4. The van der Waals surface area contributed by atoms with E-state index in [0.29, 0.717) is 23.7 Å². The summed E-state index contributed by atoms with van der Waals surface area (Å²) in [4.78, 5) is 5.64. The Morgan fingerprint density at radius 2 is 2.00 bits per heavy atom. The third-order valence-corrected chi connectivity index (χ3v) is 4.36. The van der Waals surface area contributed by atoms with Crippen LogP contribution in [0.25, 0.3) is 0 Å². The molecule has 3 aromatic rings. The highest BCUT2D eigenvalue weighted by Gasteiger charge is 2.24. The van der Waals surface area contributed by atoms with Gasteiger partial charge in [0.25, 0.3) is 0 Å². The molecule has 2 heterocycles. The second kappa shape index (κ2) is 7.45. The number of aromatic amines is 1. The molecule has 1 atom stereocenters. The number of H-pyrrole nitrogens is 1. The van der Waals surface area contributed by atoms with E-state index in [9.17, 15) is 0 Å². The first kappa shape index (κ1) is 17.0. The lowest BCUT2D eigenvalue weighted by Gasteiger charge is -2.11. The molecule has 1 aromatic heterocycles. The van der Waals surface area contributed by atoms with E-state index in [-0.39, 0.29) is 12.7 Å². The Balaban J connectivity index is 1.46. The predicted molar refractivity (Wildman–Crippen MR) is 97.7 cm³/mol. The fraction of sp³-hybridized carbons (Fsp3) is 0.263. The van der Waals surface area contributed by atoms with Crippen molar-refractivity contribution in [2.24, 2.45) is 5.16 Å². The van der Waals surface area contributed by atoms with Crippen LogP contribution in [0.1, 0.15) is 35.0 Å². The van der Waals surface area contributed by atoms with Gasteiger partial charge in [0.1, 0.15) is 0 Å². The SMILES string of the molecule is COc1cc(C2=NOC(c3ccc(C)cc3)C2)ccc1OCc1nn[nH]n1. The van der Waals surface area contributed by atoms with Gasteiger partial charge in [-0.1, -0.05) is 40.2 Å². The Bertz CT molecular complexity index is 938. The van der Waals surface area contributed by atoms with E-state index in [1.807, 2.05) is 18.2 Å². The molecular weight excluding hydrogens is 346 g/mol. The van der Waals surface area contributed by atoms with Crippen molar-refractivity contribution in [2.75, 3.05) is 7.11 Å². The molecule has 0 aliphatic carbocycles. The first-order valence-corrected chi connectivity index (χ1v) is 8.55. The van der Waals surface area contributed by atoms with Gasteiger partial charge in [0, 0.05) is 12.0 Å². The van der Waals surface area contributed by atoms with E-state index in [2.05, 4.69) is 57.0 Å². The molecule has 0 saturated carbocycles. The minimum absolute atomic E-state index is 0.0687. The third kappa shape index (κ3) is 3.74. The van der Waals surface area contributed by atoms with E-state index < -0.39 is 0 Å². The zero-order chi connectivity index (χ0) is 18.6. The molecule has 0 radical (unpaired) electrons. The highest BCUT2D eigenvalue weighted by atomic mass is 16.6. The highest BCUT2D eigenvalue weighted by Crippen LogP contribution is 2.33. The molecule has 0 spiro atoms. The number of hydrogen-bond donors (Lipinski definition) is 1. The number of methoxy groups -OCH3 is 1. The number of benzene rings is 2. The van der Waals surface area contributed by atoms with Crippen molar-refractivity contribution in [3.05, 3.63) is 65.0 Å². The summed E-state index contributed by atoms with van der Waals surface area (Å²) in [5, 5.41) is 17.9. The van der Waals surface area contributed by atoms with Crippen LogP contribution in [0.3, 0.4) is 0 Å². The molecule has 0 bridgehead atoms. The third-order valence-electron chi connectivity index (χ3n) is 4.36. The first-order valence-electron chi connectivity index (χ1n) is 8.55. The smallest absolute Gasteiger partial charge is 0.211 e. The lowest BCUT2D eigenvalue weighted by Crippen LogP contribution is -2.04. The maximum absolute atomic E-state index is 5.71. The number of ether oxygens (including phenoxy) is 2. The number of tetrazole rings is 1. The van der Waals surface area contributed by atoms with Gasteiger partial charge in [-0.2, -0.15) is 5.21 Å². The average Bonchev–Trinajstić information content (AvgIpc) is 3.39. The van der Waals surface area contributed by atoms with Crippen molar-refractivity contribution in [2.45, 2.75) is 26.1 Å². The molecule has 0 saturated heterocycles. The van der Waals surface area contributed by atoms with Crippen molar-refractivity contribution in [1.82, 2.24) is 20.6 Å². The second-order valence-electron chi connectivity index (χ2n) is 6.23. The summed E-state index contributed by atoms with van der Waals surface area (Å²) < 4.78 is 11.2. The molecule has 1 aliphatic rings. The molecule has 27 heavy (non-hydrogen) atoms. The van der Waals surface area contributed by atoms with Gasteiger partial charge >= 0.3 is 0 Å². The molecule has 4 rings (SSSR count). The number of aromatic nitrogens is 4. The van der Waals surface area contributed by atoms with Crippen LogP contribution in [0.5, 0.6) is 11.5 Å². The normalized spacial score (nSPS) is 15.9. The van der Waals surface area contributed by atoms with Gasteiger partial charge in [0.15, 0.2) is 24.2 Å². The minimum atomic E-state index is -0.0687. The Hall–Kier alpha value is -3.42. The summed E-state index contributed by atoms with van der Waals surface area (Å²) in [6.45, 7) is 2.27. The number of oxime groups is 1. The van der Waals surface area contributed by atoms with Gasteiger partial charge in [-0.3, -0.25) is 0 Å². The maximum atomic E-state index is 5.71. The standard InChI is InChI=1S/C19H19N5O3/c1-12-3-5-13(6-4-12)17-10-15(22-27-17)14-7-8-16(18(9-14)25-2)26-11-19-20-23-24-21-19/h3-9,17H,10-11H2,1-2H3,(H,20,21,23,24). The van der Waals surface area contributed by atoms with Gasteiger partial charge in [-0.15, -0.1) is 10.2 Å². The molecule has 8 nitrogen and oxygen atoms in total. The van der Waals surface area contributed by atoms with E-state index in [1.54, 1.807) is 7.11 Å². The van der Waals surface area contributed by atoms with Crippen LogP contribution in [-0.2, 0) is 11.4 Å². The van der Waals surface area contributed by atoms with Gasteiger partial charge in [0.2, 0.25) is 5.82 Å². The number of aryl methyl sites for hydroxylation is 1. The van der Waals surface area contributed by atoms with Gasteiger partial charge in [0.05, 0.1) is 12.8 Å². The van der Waals surface area contributed by atoms with Crippen LogP contribution < -0.4 is 9.47 Å². The van der Waals surface area contributed by atoms with E-state index in [0.717, 1.165) is 16.8 Å². The number of hydrogen-bond acceptors (Lipinski definition) is 7. The Kier molecular flexibility index (Phi) is 4.69.